The fraction of sp³-hybridized carbons (Fsp3) is 1.00. The molecule has 1 N–H and O–H groups in total. The van der Waals surface area contributed by atoms with Crippen molar-refractivity contribution in [2.75, 3.05) is 6.61 Å². The van der Waals surface area contributed by atoms with Crippen molar-refractivity contribution >= 4 is 0 Å². The van der Waals surface area contributed by atoms with E-state index in [-0.39, 0.29) is 6.10 Å². The van der Waals surface area contributed by atoms with Crippen LogP contribution in [0.5, 0.6) is 0 Å². The Morgan fingerprint density at radius 3 is 2.86 bits per heavy atom. The van der Waals surface area contributed by atoms with Crippen LogP contribution in [0.3, 0.4) is 0 Å². The lowest BCUT2D eigenvalue weighted by Crippen LogP contribution is -2.40. The summed E-state index contributed by atoms with van der Waals surface area (Å²) in [6, 6.07) is 0. The van der Waals surface area contributed by atoms with Crippen molar-refractivity contribution in [1.29, 1.82) is 0 Å². The van der Waals surface area contributed by atoms with Crippen molar-refractivity contribution in [3.8, 4) is 0 Å². The van der Waals surface area contributed by atoms with Crippen molar-refractivity contribution < 1.29 is 9.84 Å². The summed E-state index contributed by atoms with van der Waals surface area (Å²) >= 11 is 0. The summed E-state index contributed by atoms with van der Waals surface area (Å²) in [6.45, 7) is 2.90. The maximum absolute atomic E-state index is 9.68. The van der Waals surface area contributed by atoms with E-state index in [0.717, 1.165) is 25.4 Å². The summed E-state index contributed by atoms with van der Waals surface area (Å²) in [5, 5.41) is 9.68. The topological polar surface area (TPSA) is 29.5 Å². The van der Waals surface area contributed by atoms with Crippen molar-refractivity contribution in [3.05, 3.63) is 0 Å². The van der Waals surface area contributed by atoms with E-state index in [0.29, 0.717) is 12.0 Å². The number of aliphatic hydroxyl groups is 1. The van der Waals surface area contributed by atoms with Crippen LogP contribution in [0.15, 0.2) is 0 Å². The van der Waals surface area contributed by atoms with E-state index >= 15 is 0 Å². The molecule has 0 aromatic carbocycles. The van der Waals surface area contributed by atoms with Gasteiger partial charge in [-0.1, -0.05) is 6.42 Å². The van der Waals surface area contributed by atoms with Crippen LogP contribution in [0.4, 0.5) is 0 Å². The normalized spacial score (nSPS) is 43.3. The summed E-state index contributed by atoms with van der Waals surface area (Å²) in [5.41, 5.74) is 0. The highest BCUT2D eigenvalue weighted by molar-refractivity contribution is 4.88. The molecule has 2 heteroatoms. The Kier molecular flexibility index (Phi) is 3.45. The lowest BCUT2D eigenvalue weighted by atomic mass is 9.68. The number of hydrogen-bond donors (Lipinski definition) is 1. The molecule has 2 saturated carbocycles. The summed E-state index contributed by atoms with van der Waals surface area (Å²) in [4.78, 5) is 0. The minimum atomic E-state index is -0.0580. The Hall–Kier alpha value is -0.0800. The number of ether oxygens (including phenoxy) is 1. The summed E-state index contributed by atoms with van der Waals surface area (Å²) < 4.78 is 5.79. The van der Waals surface area contributed by atoms with E-state index in [1.54, 1.807) is 0 Å². The Balaban J connectivity index is 1.97. The molecule has 0 amide bonds. The fourth-order valence-electron chi connectivity index (χ4n) is 3.28. The molecule has 0 aliphatic heterocycles. The Labute approximate surface area is 86.6 Å². The highest BCUT2D eigenvalue weighted by Crippen LogP contribution is 2.41. The minimum absolute atomic E-state index is 0.0580. The largest absolute Gasteiger partial charge is 0.393 e. The van der Waals surface area contributed by atoms with Gasteiger partial charge in [-0.3, -0.25) is 0 Å². The predicted octanol–water partition coefficient (Wildman–Crippen LogP) is 2.35. The van der Waals surface area contributed by atoms with Crippen LogP contribution in [0.25, 0.3) is 0 Å². The van der Waals surface area contributed by atoms with Gasteiger partial charge in [-0.15, -0.1) is 0 Å². The molecule has 2 aliphatic rings. The van der Waals surface area contributed by atoms with Gasteiger partial charge < -0.3 is 9.84 Å². The molecule has 2 fully saturated rings. The lowest BCUT2D eigenvalue weighted by Gasteiger charge is -2.42. The first-order valence-electron chi connectivity index (χ1n) is 6.11. The monoisotopic (exact) mass is 198 g/mol. The number of hydrogen-bond acceptors (Lipinski definition) is 2. The molecule has 2 rings (SSSR count). The summed E-state index contributed by atoms with van der Waals surface area (Å²) in [7, 11) is 0. The maximum atomic E-state index is 9.68. The van der Waals surface area contributed by atoms with Crippen molar-refractivity contribution in [3.63, 3.8) is 0 Å². The van der Waals surface area contributed by atoms with E-state index in [1.165, 1.54) is 25.7 Å². The van der Waals surface area contributed by atoms with Gasteiger partial charge in [0, 0.05) is 6.61 Å². The highest BCUT2D eigenvalue weighted by Gasteiger charge is 2.37. The van der Waals surface area contributed by atoms with Crippen molar-refractivity contribution in [1.82, 2.24) is 0 Å². The van der Waals surface area contributed by atoms with Gasteiger partial charge in [0.2, 0.25) is 0 Å². The third kappa shape index (κ3) is 2.12. The second-order valence-electron chi connectivity index (χ2n) is 4.82. The zero-order chi connectivity index (χ0) is 9.97. The SMILES string of the molecule is CCOC1CCCC2CCC(O)CC21. The van der Waals surface area contributed by atoms with Gasteiger partial charge in [0.15, 0.2) is 0 Å². The molecule has 0 aromatic rings. The molecule has 0 radical (unpaired) electrons. The van der Waals surface area contributed by atoms with Crippen LogP contribution in [-0.4, -0.2) is 23.9 Å². The Bertz CT molecular complexity index is 179. The van der Waals surface area contributed by atoms with Crippen LogP contribution in [0.2, 0.25) is 0 Å². The molecule has 0 bridgehead atoms. The molecule has 4 atom stereocenters. The van der Waals surface area contributed by atoms with Crippen molar-refractivity contribution in [2.45, 2.75) is 57.7 Å². The van der Waals surface area contributed by atoms with Gasteiger partial charge in [0.05, 0.1) is 12.2 Å². The minimum Gasteiger partial charge on any atom is -0.393 e. The zero-order valence-corrected chi connectivity index (χ0v) is 9.11. The lowest BCUT2D eigenvalue weighted by molar-refractivity contribution is -0.0657. The molecular formula is C12H22O2. The van der Waals surface area contributed by atoms with Gasteiger partial charge in [0.25, 0.3) is 0 Å². The third-order valence-electron chi connectivity index (χ3n) is 3.94. The standard InChI is InChI=1S/C12H22O2/c1-2-14-12-5-3-4-9-6-7-10(13)8-11(9)12/h9-13H,2-8H2,1H3. The second-order valence-corrected chi connectivity index (χ2v) is 4.82. The van der Waals surface area contributed by atoms with E-state index in [1.807, 2.05) is 0 Å². The van der Waals surface area contributed by atoms with Crippen LogP contribution < -0.4 is 0 Å². The molecular weight excluding hydrogens is 176 g/mol. The van der Waals surface area contributed by atoms with E-state index in [4.69, 9.17) is 4.74 Å². The average Bonchev–Trinajstić information content (AvgIpc) is 2.19. The quantitative estimate of drug-likeness (QED) is 0.738. The predicted molar refractivity (Wildman–Crippen MR) is 56.1 cm³/mol. The van der Waals surface area contributed by atoms with Gasteiger partial charge in [0.1, 0.15) is 0 Å². The molecule has 0 heterocycles. The second kappa shape index (κ2) is 4.63. The van der Waals surface area contributed by atoms with Crippen LogP contribution >= 0.6 is 0 Å². The third-order valence-corrected chi connectivity index (χ3v) is 3.94. The smallest absolute Gasteiger partial charge is 0.0606 e. The summed E-state index contributed by atoms with van der Waals surface area (Å²) in [5.74, 6) is 1.48. The van der Waals surface area contributed by atoms with Crippen LogP contribution in [0, 0.1) is 11.8 Å². The molecule has 2 nitrogen and oxygen atoms in total. The molecule has 4 unspecified atom stereocenters. The first kappa shape index (κ1) is 10.4. The Morgan fingerprint density at radius 1 is 1.21 bits per heavy atom. The summed E-state index contributed by atoms with van der Waals surface area (Å²) in [6.07, 6.45) is 7.49. The first-order chi connectivity index (χ1) is 6.81. The molecule has 0 saturated heterocycles. The maximum Gasteiger partial charge on any atom is 0.0606 e. The van der Waals surface area contributed by atoms with Crippen LogP contribution in [-0.2, 0) is 4.74 Å². The van der Waals surface area contributed by atoms with E-state index in [2.05, 4.69) is 6.92 Å². The van der Waals surface area contributed by atoms with Gasteiger partial charge >= 0.3 is 0 Å². The van der Waals surface area contributed by atoms with Crippen LogP contribution in [0.1, 0.15) is 45.4 Å². The Morgan fingerprint density at radius 2 is 2.07 bits per heavy atom. The molecule has 2 aliphatic carbocycles. The molecule has 0 spiro atoms. The van der Waals surface area contributed by atoms with E-state index in [9.17, 15) is 5.11 Å². The van der Waals surface area contributed by atoms with Crippen molar-refractivity contribution in [2.24, 2.45) is 11.8 Å². The van der Waals surface area contributed by atoms with E-state index < -0.39 is 0 Å². The number of fused-ring (bicyclic) bond motifs is 1. The van der Waals surface area contributed by atoms with Gasteiger partial charge in [-0.2, -0.15) is 0 Å². The zero-order valence-electron chi connectivity index (χ0n) is 9.11. The fourth-order valence-corrected chi connectivity index (χ4v) is 3.28. The molecule has 82 valence electrons. The number of aliphatic hydroxyl groups excluding tert-OH is 1. The number of rotatable bonds is 2. The molecule has 14 heavy (non-hydrogen) atoms. The van der Waals surface area contributed by atoms with Gasteiger partial charge in [-0.25, -0.2) is 0 Å². The first-order valence-corrected chi connectivity index (χ1v) is 6.11. The highest BCUT2D eigenvalue weighted by atomic mass is 16.5. The average molecular weight is 198 g/mol. The molecule has 0 aromatic heterocycles. The van der Waals surface area contributed by atoms with Gasteiger partial charge in [-0.05, 0) is 50.9 Å².